The molecule has 7 nitrogen and oxygen atoms in total. The number of hydrogen-bond acceptors (Lipinski definition) is 4. The fourth-order valence-corrected chi connectivity index (χ4v) is 6.86. The van der Waals surface area contributed by atoms with Crippen molar-refractivity contribution in [3.8, 4) is 0 Å². The summed E-state index contributed by atoms with van der Waals surface area (Å²) in [6.45, 7) is 3.36. The van der Waals surface area contributed by atoms with Crippen LogP contribution in [0.2, 0.25) is 5.02 Å². The average Bonchev–Trinajstić information content (AvgIpc) is 2.98. The molecule has 0 saturated heterocycles. The van der Waals surface area contributed by atoms with Gasteiger partial charge in [-0.05, 0) is 62.1 Å². The van der Waals surface area contributed by atoms with Crippen LogP contribution in [0.15, 0.2) is 83.8 Å². The second kappa shape index (κ2) is 14.0. The molecule has 0 heterocycles. The topological polar surface area (TPSA) is 86.8 Å². The first-order valence-electron chi connectivity index (χ1n) is 14.2. The number of benzene rings is 3. The number of amides is 2. The van der Waals surface area contributed by atoms with E-state index in [-0.39, 0.29) is 23.4 Å². The Morgan fingerprint density at radius 1 is 0.927 bits per heavy atom. The molecule has 4 rings (SSSR count). The summed E-state index contributed by atoms with van der Waals surface area (Å²) in [4.78, 5) is 29.3. The zero-order valence-electron chi connectivity index (χ0n) is 23.6. The number of carbonyl (C=O) groups excluding carboxylic acids is 2. The third-order valence-electron chi connectivity index (χ3n) is 7.57. The van der Waals surface area contributed by atoms with Crippen LogP contribution >= 0.6 is 11.6 Å². The van der Waals surface area contributed by atoms with Crippen LogP contribution < -0.4 is 9.62 Å². The van der Waals surface area contributed by atoms with E-state index >= 15 is 0 Å². The zero-order chi connectivity index (χ0) is 29.4. The van der Waals surface area contributed by atoms with Crippen molar-refractivity contribution in [1.82, 2.24) is 10.2 Å². The lowest BCUT2D eigenvalue weighted by Crippen LogP contribution is -2.54. The predicted octanol–water partition coefficient (Wildman–Crippen LogP) is 6.10. The van der Waals surface area contributed by atoms with Crippen molar-refractivity contribution in [2.45, 2.75) is 75.9 Å². The van der Waals surface area contributed by atoms with Crippen LogP contribution in [-0.4, -0.2) is 43.8 Å². The molecule has 41 heavy (non-hydrogen) atoms. The number of aryl methyl sites for hydroxylation is 1. The monoisotopic (exact) mass is 595 g/mol. The third-order valence-corrected chi connectivity index (χ3v) is 9.72. The quantitative estimate of drug-likeness (QED) is 0.290. The molecule has 1 fully saturated rings. The molecule has 0 aliphatic heterocycles. The summed E-state index contributed by atoms with van der Waals surface area (Å²) >= 11 is 6.48. The van der Waals surface area contributed by atoms with Gasteiger partial charge in [-0.15, -0.1) is 0 Å². The Bertz CT molecular complexity index is 1420. The molecule has 0 bridgehead atoms. The summed E-state index contributed by atoms with van der Waals surface area (Å²) in [6.07, 6.45) is 5.48. The summed E-state index contributed by atoms with van der Waals surface area (Å²) in [6, 6.07) is 21.5. The van der Waals surface area contributed by atoms with E-state index in [0.717, 1.165) is 42.0 Å². The van der Waals surface area contributed by atoms with E-state index in [2.05, 4.69) is 5.32 Å². The van der Waals surface area contributed by atoms with Gasteiger partial charge in [0.2, 0.25) is 11.8 Å². The highest BCUT2D eigenvalue weighted by Gasteiger charge is 2.34. The lowest BCUT2D eigenvalue weighted by atomic mass is 9.95. The molecule has 2 amide bonds. The minimum Gasteiger partial charge on any atom is -0.352 e. The predicted molar refractivity (Wildman–Crippen MR) is 163 cm³/mol. The molecule has 1 N–H and O–H groups in total. The Labute approximate surface area is 248 Å². The van der Waals surface area contributed by atoms with Crippen molar-refractivity contribution >= 4 is 39.1 Å². The maximum absolute atomic E-state index is 14.2. The number of sulfonamides is 1. The van der Waals surface area contributed by atoms with Gasteiger partial charge in [0.15, 0.2) is 0 Å². The summed E-state index contributed by atoms with van der Waals surface area (Å²) in [5, 5.41) is 3.63. The van der Waals surface area contributed by atoms with Crippen molar-refractivity contribution < 1.29 is 18.0 Å². The largest absolute Gasteiger partial charge is 0.352 e. The van der Waals surface area contributed by atoms with Gasteiger partial charge in [-0.3, -0.25) is 13.9 Å². The highest BCUT2D eigenvalue weighted by atomic mass is 35.5. The van der Waals surface area contributed by atoms with Crippen LogP contribution in [-0.2, 0) is 26.2 Å². The lowest BCUT2D eigenvalue weighted by Gasteiger charge is -2.34. The maximum Gasteiger partial charge on any atom is 0.264 e. The second-order valence-corrected chi connectivity index (χ2v) is 12.8. The van der Waals surface area contributed by atoms with Crippen molar-refractivity contribution in [3.63, 3.8) is 0 Å². The van der Waals surface area contributed by atoms with Gasteiger partial charge in [0, 0.05) is 17.6 Å². The molecule has 0 aromatic heterocycles. The lowest BCUT2D eigenvalue weighted by molar-refractivity contribution is -0.140. The van der Waals surface area contributed by atoms with E-state index in [4.69, 9.17) is 11.6 Å². The summed E-state index contributed by atoms with van der Waals surface area (Å²) in [5.74, 6) is -0.719. The van der Waals surface area contributed by atoms with E-state index in [0.29, 0.717) is 22.7 Å². The highest BCUT2D eigenvalue weighted by Crippen LogP contribution is 2.26. The van der Waals surface area contributed by atoms with Crippen molar-refractivity contribution in [1.29, 1.82) is 0 Å². The van der Waals surface area contributed by atoms with Crippen LogP contribution in [0.4, 0.5) is 5.69 Å². The molecule has 0 unspecified atom stereocenters. The number of nitrogens with zero attached hydrogens (tertiary/aromatic N) is 2. The molecule has 1 aliphatic rings. The molecule has 3 aromatic rings. The number of halogens is 1. The van der Waals surface area contributed by atoms with Gasteiger partial charge in [0.25, 0.3) is 10.0 Å². The summed E-state index contributed by atoms with van der Waals surface area (Å²) < 4.78 is 28.9. The Morgan fingerprint density at radius 2 is 1.56 bits per heavy atom. The van der Waals surface area contributed by atoms with Crippen molar-refractivity contribution in [3.05, 3.63) is 95.0 Å². The second-order valence-electron chi connectivity index (χ2n) is 10.5. The zero-order valence-corrected chi connectivity index (χ0v) is 25.2. The first kappa shape index (κ1) is 30.6. The Kier molecular flexibility index (Phi) is 10.5. The van der Waals surface area contributed by atoms with Gasteiger partial charge >= 0.3 is 0 Å². The minimum atomic E-state index is -4.09. The fraction of sp³-hybridized carbons (Fsp3) is 0.375. The van der Waals surface area contributed by atoms with E-state index < -0.39 is 28.5 Å². The molecule has 1 aliphatic carbocycles. The van der Waals surface area contributed by atoms with E-state index in [1.807, 2.05) is 26.0 Å². The Hall–Kier alpha value is -3.36. The van der Waals surface area contributed by atoms with Crippen LogP contribution in [0.1, 0.15) is 56.6 Å². The number of rotatable bonds is 11. The van der Waals surface area contributed by atoms with Crippen LogP contribution in [0.5, 0.6) is 0 Å². The van der Waals surface area contributed by atoms with Gasteiger partial charge in [0.1, 0.15) is 12.6 Å². The van der Waals surface area contributed by atoms with Crippen LogP contribution in [0.3, 0.4) is 0 Å². The Balaban J connectivity index is 1.70. The standard InChI is InChI=1S/C32H38ClN3O4S/c1-3-30(32(38)34-26-13-6-4-7-14-26)35(22-25-12-10-11-17-29(25)33)31(37)23-36(27-20-18-24(2)19-21-27)41(39,40)28-15-8-5-9-16-28/h5,8-12,15-21,26,30H,3-4,6-7,13-14,22-23H2,1-2H3,(H,34,38)/t30-/m0/s1. The van der Waals surface area contributed by atoms with E-state index in [1.165, 1.54) is 17.0 Å². The molecule has 3 aromatic carbocycles. The molecular weight excluding hydrogens is 558 g/mol. The molecule has 9 heteroatoms. The third kappa shape index (κ3) is 7.68. The van der Waals surface area contributed by atoms with Gasteiger partial charge in [-0.1, -0.05) is 91.9 Å². The van der Waals surface area contributed by atoms with Gasteiger partial charge in [-0.2, -0.15) is 0 Å². The normalized spacial score (nSPS) is 14.7. The minimum absolute atomic E-state index is 0.0716. The first-order chi connectivity index (χ1) is 19.7. The SMILES string of the molecule is CC[C@@H](C(=O)NC1CCCCC1)N(Cc1ccccc1Cl)C(=O)CN(c1ccc(C)cc1)S(=O)(=O)c1ccccc1. The number of carbonyl (C=O) groups is 2. The van der Waals surface area contributed by atoms with Crippen LogP contribution in [0, 0.1) is 6.92 Å². The molecule has 1 saturated carbocycles. The number of nitrogens with one attached hydrogen (secondary N) is 1. The van der Waals surface area contributed by atoms with Crippen LogP contribution in [0.25, 0.3) is 0 Å². The molecular formula is C32H38ClN3O4S. The van der Waals surface area contributed by atoms with Gasteiger partial charge in [0.05, 0.1) is 10.6 Å². The average molecular weight is 596 g/mol. The molecule has 218 valence electrons. The van der Waals surface area contributed by atoms with E-state index in [1.54, 1.807) is 54.6 Å². The summed E-state index contributed by atoms with van der Waals surface area (Å²) in [7, 11) is -4.09. The first-order valence-corrected chi connectivity index (χ1v) is 16.0. The summed E-state index contributed by atoms with van der Waals surface area (Å²) in [5.41, 5.74) is 2.01. The Morgan fingerprint density at radius 3 is 2.20 bits per heavy atom. The highest BCUT2D eigenvalue weighted by molar-refractivity contribution is 7.92. The maximum atomic E-state index is 14.2. The number of hydrogen-bond donors (Lipinski definition) is 1. The van der Waals surface area contributed by atoms with Crippen molar-refractivity contribution in [2.24, 2.45) is 0 Å². The smallest absolute Gasteiger partial charge is 0.264 e. The van der Waals surface area contributed by atoms with Gasteiger partial charge < -0.3 is 10.2 Å². The van der Waals surface area contributed by atoms with Crippen molar-refractivity contribution in [2.75, 3.05) is 10.8 Å². The molecule has 0 spiro atoms. The fourth-order valence-electron chi connectivity index (χ4n) is 5.23. The molecule has 0 radical (unpaired) electrons. The molecule has 1 atom stereocenters. The number of anilines is 1. The van der Waals surface area contributed by atoms with Gasteiger partial charge in [-0.25, -0.2) is 8.42 Å². The van der Waals surface area contributed by atoms with E-state index in [9.17, 15) is 18.0 Å².